The molecule has 1 amide bonds. The number of nitrogens with one attached hydrogen (secondary N) is 1. The summed E-state index contributed by atoms with van der Waals surface area (Å²) in [6.45, 7) is -0.157. The Kier molecular flexibility index (Phi) is 4.01. The predicted octanol–water partition coefficient (Wildman–Crippen LogP) is 2.02. The summed E-state index contributed by atoms with van der Waals surface area (Å²) in [5, 5.41) is 16.2. The molecule has 1 aromatic heterocycles. The molecule has 5 heteroatoms. The Bertz CT molecular complexity index is 622. The number of nitrogens with zero attached hydrogens (tertiary/aromatic N) is 1. The van der Waals surface area contributed by atoms with Crippen molar-refractivity contribution in [2.75, 3.05) is 6.61 Å². The summed E-state index contributed by atoms with van der Waals surface area (Å²) in [5.74, 6) is 0.538. The summed E-state index contributed by atoms with van der Waals surface area (Å²) in [7, 11) is 0. The number of rotatable bonds is 4. The van der Waals surface area contributed by atoms with Gasteiger partial charge in [-0.05, 0) is 24.8 Å². The molecule has 3 rings (SSSR count). The Labute approximate surface area is 123 Å². The van der Waals surface area contributed by atoms with E-state index in [2.05, 4.69) is 10.5 Å². The van der Waals surface area contributed by atoms with Crippen molar-refractivity contribution in [3.05, 3.63) is 52.9 Å². The Hall–Kier alpha value is -2.14. The number of carbonyl (C=O) groups is 1. The summed E-state index contributed by atoms with van der Waals surface area (Å²) in [6, 6.07) is 8.96. The minimum atomic E-state index is -0.436. The van der Waals surface area contributed by atoms with E-state index in [-0.39, 0.29) is 12.5 Å². The van der Waals surface area contributed by atoms with Crippen LogP contribution in [0.25, 0.3) is 0 Å². The van der Waals surface area contributed by atoms with Gasteiger partial charge in [-0.25, -0.2) is 0 Å². The Morgan fingerprint density at radius 3 is 2.81 bits per heavy atom. The molecule has 1 aromatic carbocycles. The van der Waals surface area contributed by atoms with Crippen LogP contribution in [-0.2, 0) is 12.8 Å². The van der Waals surface area contributed by atoms with Gasteiger partial charge in [-0.1, -0.05) is 35.5 Å². The lowest BCUT2D eigenvalue weighted by Gasteiger charge is -2.16. The first kappa shape index (κ1) is 13.8. The van der Waals surface area contributed by atoms with Gasteiger partial charge >= 0.3 is 0 Å². The lowest BCUT2D eigenvalue weighted by Crippen LogP contribution is -2.31. The van der Waals surface area contributed by atoms with Gasteiger partial charge in [-0.3, -0.25) is 4.79 Å². The van der Waals surface area contributed by atoms with E-state index >= 15 is 0 Å². The van der Waals surface area contributed by atoms with Crippen LogP contribution in [0.3, 0.4) is 0 Å². The number of fused-ring (bicyclic) bond motifs is 1. The highest BCUT2D eigenvalue weighted by molar-refractivity contribution is 5.94. The molecule has 1 aliphatic carbocycles. The van der Waals surface area contributed by atoms with Crippen molar-refractivity contribution in [2.45, 2.75) is 31.7 Å². The van der Waals surface area contributed by atoms with E-state index in [0.717, 1.165) is 42.6 Å². The largest absolute Gasteiger partial charge is 0.394 e. The quantitative estimate of drug-likeness (QED) is 0.901. The van der Waals surface area contributed by atoms with Crippen molar-refractivity contribution in [3.63, 3.8) is 0 Å². The third kappa shape index (κ3) is 2.83. The number of hydrogen-bond donors (Lipinski definition) is 2. The first-order chi connectivity index (χ1) is 10.3. The van der Waals surface area contributed by atoms with Crippen LogP contribution >= 0.6 is 0 Å². The summed E-state index contributed by atoms with van der Waals surface area (Å²) in [6.07, 6.45) is 3.80. The summed E-state index contributed by atoms with van der Waals surface area (Å²) in [5.41, 5.74) is 2.15. The monoisotopic (exact) mass is 286 g/mol. The maximum atomic E-state index is 12.4. The third-order valence-electron chi connectivity index (χ3n) is 3.86. The highest BCUT2D eigenvalue weighted by atomic mass is 16.5. The molecule has 1 unspecified atom stereocenters. The fourth-order valence-corrected chi connectivity index (χ4v) is 2.71. The molecule has 0 aliphatic heterocycles. The molecule has 0 radical (unpaired) electrons. The second-order valence-corrected chi connectivity index (χ2v) is 5.26. The van der Waals surface area contributed by atoms with Crippen LogP contribution in [0.15, 0.2) is 34.9 Å². The number of aliphatic hydroxyl groups excluding tert-OH is 1. The van der Waals surface area contributed by atoms with Crippen LogP contribution < -0.4 is 5.32 Å². The third-order valence-corrected chi connectivity index (χ3v) is 3.86. The summed E-state index contributed by atoms with van der Waals surface area (Å²) < 4.78 is 5.26. The van der Waals surface area contributed by atoms with E-state index in [4.69, 9.17) is 4.52 Å². The lowest BCUT2D eigenvalue weighted by molar-refractivity contribution is 0.0906. The second-order valence-electron chi connectivity index (χ2n) is 5.26. The van der Waals surface area contributed by atoms with E-state index in [1.807, 2.05) is 30.3 Å². The van der Waals surface area contributed by atoms with Gasteiger partial charge in [0.1, 0.15) is 5.76 Å². The first-order valence-electron chi connectivity index (χ1n) is 7.23. The van der Waals surface area contributed by atoms with Gasteiger partial charge in [-0.2, -0.15) is 0 Å². The van der Waals surface area contributed by atoms with Gasteiger partial charge < -0.3 is 14.9 Å². The number of carbonyl (C=O) groups excluding carboxylic acids is 1. The van der Waals surface area contributed by atoms with E-state index in [1.165, 1.54) is 0 Å². The smallest absolute Gasteiger partial charge is 0.274 e. The SMILES string of the molecule is O=C(NC(CO)c1ccccc1)c1noc2c1CCCC2. The molecule has 110 valence electrons. The summed E-state index contributed by atoms with van der Waals surface area (Å²) >= 11 is 0. The molecule has 2 aromatic rings. The molecular weight excluding hydrogens is 268 g/mol. The average molecular weight is 286 g/mol. The van der Waals surface area contributed by atoms with E-state index < -0.39 is 6.04 Å². The van der Waals surface area contributed by atoms with E-state index in [1.54, 1.807) is 0 Å². The fraction of sp³-hybridized carbons (Fsp3) is 0.375. The summed E-state index contributed by atoms with van der Waals surface area (Å²) in [4.78, 5) is 12.4. The van der Waals surface area contributed by atoms with Crippen molar-refractivity contribution in [1.82, 2.24) is 10.5 Å². The molecule has 2 N–H and O–H groups in total. The molecular formula is C16H18N2O3. The van der Waals surface area contributed by atoms with E-state index in [9.17, 15) is 9.90 Å². The maximum absolute atomic E-state index is 12.4. The standard InChI is InChI=1S/C16H18N2O3/c19-10-13(11-6-2-1-3-7-11)17-16(20)15-12-8-4-5-9-14(12)21-18-15/h1-3,6-7,13,19H,4-5,8-10H2,(H,17,20). The fourth-order valence-electron chi connectivity index (χ4n) is 2.71. The van der Waals surface area contributed by atoms with Crippen LogP contribution in [-0.4, -0.2) is 22.8 Å². The lowest BCUT2D eigenvalue weighted by atomic mass is 9.96. The number of aryl methyl sites for hydroxylation is 1. The Morgan fingerprint density at radius 1 is 1.29 bits per heavy atom. The average Bonchev–Trinajstić information content (AvgIpc) is 2.97. The molecule has 0 fully saturated rings. The number of amides is 1. The van der Waals surface area contributed by atoms with Crippen molar-refractivity contribution >= 4 is 5.91 Å². The predicted molar refractivity (Wildman–Crippen MR) is 76.9 cm³/mol. The topological polar surface area (TPSA) is 75.4 Å². The highest BCUT2D eigenvalue weighted by Gasteiger charge is 2.25. The zero-order valence-electron chi connectivity index (χ0n) is 11.7. The van der Waals surface area contributed by atoms with Crippen molar-refractivity contribution in [2.24, 2.45) is 0 Å². The van der Waals surface area contributed by atoms with Crippen molar-refractivity contribution in [3.8, 4) is 0 Å². The van der Waals surface area contributed by atoms with Gasteiger partial charge in [0.05, 0.1) is 12.6 Å². The van der Waals surface area contributed by atoms with Crippen molar-refractivity contribution < 1.29 is 14.4 Å². The van der Waals surface area contributed by atoms with Crippen molar-refractivity contribution in [1.29, 1.82) is 0 Å². The minimum Gasteiger partial charge on any atom is -0.394 e. The molecule has 21 heavy (non-hydrogen) atoms. The van der Waals surface area contributed by atoms with Crippen LogP contribution in [0.2, 0.25) is 0 Å². The number of benzene rings is 1. The second kappa shape index (κ2) is 6.10. The molecule has 0 spiro atoms. The molecule has 0 saturated carbocycles. The van der Waals surface area contributed by atoms with Crippen LogP contribution in [0.5, 0.6) is 0 Å². The van der Waals surface area contributed by atoms with Gasteiger partial charge in [0, 0.05) is 12.0 Å². The minimum absolute atomic E-state index is 0.157. The van der Waals surface area contributed by atoms with Gasteiger partial charge in [0.15, 0.2) is 5.69 Å². The van der Waals surface area contributed by atoms with Crippen LogP contribution in [0, 0.1) is 0 Å². The number of hydrogen-bond acceptors (Lipinski definition) is 4. The molecule has 0 saturated heterocycles. The van der Waals surface area contributed by atoms with E-state index in [0.29, 0.717) is 5.69 Å². The van der Waals surface area contributed by atoms with Gasteiger partial charge in [0.25, 0.3) is 5.91 Å². The molecule has 1 heterocycles. The molecule has 1 aliphatic rings. The zero-order chi connectivity index (χ0) is 14.7. The number of aliphatic hydroxyl groups is 1. The molecule has 0 bridgehead atoms. The normalized spacial score (nSPS) is 15.3. The first-order valence-corrected chi connectivity index (χ1v) is 7.23. The van der Waals surface area contributed by atoms with Gasteiger partial charge in [-0.15, -0.1) is 0 Å². The van der Waals surface area contributed by atoms with Gasteiger partial charge in [0.2, 0.25) is 0 Å². The zero-order valence-corrected chi connectivity index (χ0v) is 11.7. The highest BCUT2D eigenvalue weighted by Crippen LogP contribution is 2.24. The maximum Gasteiger partial charge on any atom is 0.274 e. The van der Waals surface area contributed by atoms with Crippen LogP contribution in [0.4, 0.5) is 0 Å². The van der Waals surface area contributed by atoms with Crippen LogP contribution in [0.1, 0.15) is 46.3 Å². The Morgan fingerprint density at radius 2 is 2.05 bits per heavy atom. The Balaban J connectivity index is 1.78. The number of aromatic nitrogens is 1. The molecule has 5 nitrogen and oxygen atoms in total. The molecule has 1 atom stereocenters.